The van der Waals surface area contributed by atoms with Gasteiger partial charge in [-0.05, 0) is 37.6 Å². The van der Waals surface area contributed by atoms with Crippen molar-refractivity contribution in [1.29, 1.82) is 0 Å². The largest absolute Gasteiger partial charge is 0.463 e. The van der Waals surface area contributed by atoms with E-state index in [1.165, 1.54) is 9.21 Å². The van der Waals surface area contributed by atoms with Gasteiger partial charge in [0, 0.05) is 45.0 Å². The molecule has 0 saturated carbocycles. The quantitative estimate of drug-likeness (QED) is 0.475. The summed E-state index contributed by atoms with van der Waals surface area (Å²) >= 11 is 12.7. The van der Waals surface area contributed by atoms with Gasteiger partial charge in [-0.25, -0.2) is 18.0 Å². The molecule has 0 aromatic heterocycles. The van der Waals surface area contributed by atoms with Crippen LogP contribution in [-0.2, 0) is 19.6 Å². The molecule has 0 radical (unpaired) electrons. The van der Waals surface area contributed by atoms with Crippen LogP contribution < -0.4 is 5.32 Å². The molecule has 12 heteroatoms. The van der Waals surface area contributed by atoms with Crippen LogP contribution in [0.5, 0.6) is 0 Å². The molecule has 1 saturated heterocycles. The SMILES string of the molecule is CCOC(=O)C1=C(CN2CCN(S(=O)(=O)c3ccccc3)CC2)N(CC)C(=O)NC1c1cccc(Cl)c1Cl. The Labute approximate surface area is 233 Å². The van der Waals surface area contributed by atoms with Crippen LogP contribution in [0.25, 0.3) is 0 Å². The molecule has 2 aromatic carbocycles. The van der Waals surface area contributed by atoms with Crippen LogP contribution in [0, 0.1) is 0 Å². The minimum atomic E-state index is -3.61. The van der Waals surface area contributed by atoms with E-state index in [1.807, 2.05) is 11.8 Å². The highest BCUT2D eigenvalue weighted by Gasteiger charge is 2.40. The van der Waals surface area contributed by atoms with E-state index in [9.17, 15) is 18.0 Å². The van der Waals surface area contributed by atoms with Gasteiger partial charge in [-0.3, -0.25) is 9.80 Å². The number of nitrogens with one attached hydrogen (secondary N) is 1. The van der Waals surface area contributed by atoms with Gasteiger partial charge >= 0.3 is 12.0 Å². The average molecular weight is 582 g/mol. The minimum Gasteiger partial charge on any atom is -0.463 e. The third kappa shape index (κ3) is 5.69. The fourth-order valence-electron chi connectivity index (χ4n) is 4.72. The Bertz CT molecular complexity index is 1330. The normalized spacial score (nSPS) is 19.4. The molecule has 0 spiro atoms. The molecule has 1 atom stereocenters. The number of piperazine rings is 1. The van der Waals surface area contributed by atoms with Gasteiger partial charge in [0.1, 0.15) is 0 Å². The lowest BCUT2D eigenvalue weighted by Gasteiger charge is -2.40. The lowest BCUT2D eigenvalue weighted by Crippen LogP contribution is -2.53. The van der Waals surface area contributed by atoms with E-state index in [0.717, 1.165) is 0 Å². The Balaban J connectivity index is 1.65. The third-order valence-electron chi connectivity index (χ3n) is 6.63. The zero-order chi connectivity index (χ0) is 27.4. The number of ether oxygens (including phenoxy) is 1. The number of likely N-dealkylation sites (N-methyl/N-ethyl adjacent to an activating group) is 1. The van der Waals surface area contributed by atoms with Crippen LogP contribution >= 0.6 is 23.2 Å². The average Bonchev–Trinajstić information content (AvgIpc) is 2.91. The molecule has 2 heterocycles. The van der Waals surface area contributed by atoms with E-state index < -0.39 is 22.0 Å². The van der Waals surface area contributed by atoms with E-state index in [4.69, 9.17) is 27.9 Å². The van der Waals surface area contributed by atoms with E-state index >= 15 is 0 Å². The van der Waals surface area contributed by atoms with E-state index in [0.29, 0.717) is 35.9 Å². The molecule has 204 valence electrons. The summed E-state index contributed by atoms with van der Waals surface area (Å²) in [7, 11) is -3.61. The predicted molar refractivity (Wildman–Crippen MR) is 145 cm³/mol. The van der Waals surface area contributed by atoms with Gasteiger partial charge in [0.2, 0.25) is 10.0 Å². The summed E-state index contributed by atoms with van der Waals surface area (Å²) in [5, 5.41) is 3.43. The van der Waals surface area contributed by atoms with Crippen LogP contribution in [-0.4, -0.2) is 80.4 Å². The Morgan fingerprint density at radius 2 is 1.71 bits per heavy atom. The molecule has 9 nitrogen and oxygen atoms in total. The number of hydrogen-bond acceptors (Lipinski definition) is 6. The number of rotatable bonds is 8. The smallest absolute Gasteiger partial charge is 0.338 e. The summed E-state index contributed by atoms with van der Waals surface area (Å²) in [6.07, 6.45) is 0. The number of carbonyl (C=O) groups excluding carboxylic acids is 2. The number of benzene rings is 2. The van der Waals surface area contributed by atoms with Crippen LogP contribution in [0.3, 0.4) is 0 Å². The van der Waals surface area contributed by atoms with Gasteiger partial charge < -0.3 is 10.1 Å². The zero-order valence-corrected chi connectivity index (χ0v) is 23.5. The molecule has 2 aromatic rings. The Kier molecular flexibility index (Phi) is 9.00. The summed E-state index contributed by atoms with van der Waals surface area (Å²) in [5.41, 5.74) is 1.26. The summed E-state index contributed by atoms with van der Waals surface area (Å²) < 4.78 is 33.0. The second-order valence-electron chi connectivity index (χ2n) is 8.84. The van der Waals surface area contributed by atoms with Crippen LogP contribution in [0.2, 0.25) is 10.0 Å². The molecule has 1 fully saturated rings. The number of urea groups is 1. The molecule has 4 rings (SSSR count). The fraction of sp³-hybridized carbons (Fsp3) is 0.385. The standard InChI is InChI=1S/C26H30Cl2N4O5S/c1-3-32-21(17-30-13-15-31(16-14-30)38(35,36)18-9-6-5-7-10-18)22(25(33)37-4-2)24(29-26(32)34)19-11-8-12-20(27)23(19)28/h5-12,24H,3-4,13-17H2,1-2H3,(H,29,34). The number of sulfonamides is 1. The highest BCUT2D eigenvalue weighted by molar-refractivity contribution is 7.89. The molecule has 2 amide bonds. The van der Waals surface area contributed by atoms with Crippen molar-refractivity contribution >= 4 is 45.2 Å². The van der Waals surface area contributed by atoms with Crippen molar-refractivity contribution in [2.24, 2.45) is 0 Å². The number of nitrogens with zero attached hydrogens (tertiary/aromatic N) is 3. The summed E-state index contributed by atoms with van der Waals surface area (Å²) in [4.78, 5) is 30.3. The molecule has 1 unspecified atom stereocenters. The molecule has 1 N–H and O–H groups in total. The van der Waals surface area contributed by atoms with Crippen LogP contribution in [0.1, 0.15) is 25.5 Å². The van der Waals surface area contributed by atoms with E-state index in [1.54, 1.807) is 55.5 Å². The number of hydrogen-bond donors (Lipinski definition) is 1. The minimum absolute atomic E-state index is 0.154. The first kappa shape index (κ1) is 28.4. The first-order valence-corrected chi connectivity index (χ1v) is 14.6. The summed E-state index contributed by atoms with van der Waals surface area (Å²) in [6.45, 7) is 5.67. The van der Waals surface area contributed by atoms with Crippen molar-refractivity contribution in [2.45, 2.75) is 24.8 Å². The maximum absolute atomic E-state index is 13.3. The van der Waals surface area contributed by atoms with Crippen molar-refractivity contribution in [3.05, 3.63) is 75.4 Å². The molecular formula is C26H30Cl2N4O5S. The van der Waals surface area contributed by atoms with Gasteiger partial charge in [0.05, 0.1) is 33.2 Å². The van der Waals surface area contributed by atoms with Gasteiger partial charge in [-0.2, -0.15) is 4.31 Å². The highest BCUT2D eigenvalue weighted by Crippen LogP contribution is 2.38. The first-order valence-electron chi connectivity index (χ1n) is 12.4. The maximum atomic E-state index is 13.3. The van der Waals surface area contributed by atoms with E-state index in [2.05, 4.69) is 5.32 Å². The fourth-order valence-corrected chi connectivity index (χ4v) is 6.58. The Morgan fingerprint density at radius 1 is 1.03 bits per heavy atom. The highest BCUT2D eigenvalue weighted by atomic mass is 35.5. The molecule has 2 aliphatic heterocycles. The van der Waals surface area contributed by atoms with Gasteiger partial charge in [-0.1, -0.05) is 53.5 Å². The predicted octanol–water partition coefficient (Wildman–Crippen LogP) is 3.90. The van der Waals surface area contributed by atoms with Gasteiger partial charge in [-0.15, -0.1) is 0 Å². The molecular weight excluding hydrogens is 551 g/mol. The summed E-state index contributed by atoms with van der Waals surface area (Å²) in [5.74, 6) is -0.563. The second-order valence-corrected chi connectivity index (χ2v) is 11.6. The van der Waals surface area contributed by atoms with Crippen molar-refractivity contribution in [1.82, 2.24) is 19.4 Å². The van der Waals surface area contributed by atoms with Gasteiger partial charge in [0.15, 0.2) is 0 Å². The molecule has 2 aliphatic rings. The van der Waals surface area contributed by atoms with Crippen LogP contribution in [0.4, 0.5) is 4.79 Å². The van der Waals surface area contributed by atoms with E-state index in [-0.39, 0.29) is 47.8 Å². The Hall–Kier alpha value is -2.63. The zero-order valence-electron chi connectivity index (χ0n) is 21.2. The van der Waals surface area contributed by atoms with Crippen molar-refractivity contribution in [3.63, 3.8) is 0 Å². The number of carbonyl (C=O) groups is 2. The van der Waals surface area contributed by atoms with Crippen molar-refractivity contribution in [2.75, 3.05) is 45.9 Å². The topological polar surface area (TPSA) is 99.3 Å². The van der Waals surface area contributed by atoms with Crippen LogP contribution in [0.15, 0.2) is 64.7 Å². The molecule has 38 heavy (non-hydrogen) atoms. The lowest BCUT2D eigenvalue weighted by atomic mass is 9.94. The number of amides is 2. The van der Waals surface area contributed by atoms with Crippen molar-refractivity contribution < 1.29 is 22.7 Å². The molecule has 0 bridgehead atoms. The lowest BCUT2D eigenvalue weighted by molar-refractivity contribution is -0.139. The third-order valence-corrected chi connectivity index (χ3v) is 9.37. The van der Waals surface area contributed by atoms with Gasteiger partial charge in [0.25, 0.3) is 0 Å². The Morgan fingerprint density at radius 3 is 2.34 bits per heavy atom. The molecule has 0 aliphatic carbocycles. The maximum Gasteiger partial charge on any atom is 0.338 e. The second kappa shape index (κ2) is 12.0. The monoisotopic (exact) mass is 580 g/mol. The number of esters is 1. The summed E-state index contributed by atoms with van der Waals surface area (Å²) in [6, 6.07) is 12.2. The number of halogens is 2. The van der Waals surface area contributed by atoms with Crippen molar-refractivity contribution in [3.8, 4) is 0 Å². The first-order chi connectivity index (χ1) is 18.2.